The fourth-order valence-corrected chi connectivity index (χ4v) is 2.42. The van der Waals surface area contributed by atoms with E-state index in [9.17, 15) is 9.59 Å². The van der Waals surface area contributed by atoms with E-state index in [0.29, 0.717) is 17.2 Å². The minimum atomic E-state index is -0.175. The van der Waals surface area contributed by atoms with Gasteiger partial charge in [0.15, 0.2) is 0 Å². The zero-order chi connectivity index (χ0) is 16.4. The number of amides is 2. The van der Waals surface area contributed by atoms with Crippen molar-refractivity contribution >= 4 is 17.5 Å². The number of hydrogen-bond donors (Lipinski definition) is 2. The van der Waals surface area contributed by atoms with Crippen LogP contribution in [0.2, 0.25) is 0 Å². The Bertz CT molecular complexity index is 746. The van der Waals surface area contributed by atoms with Crippen molar-refractivity contribution in [2.24, 2.45) is 0 Å². The number of hydrogen-bond acceptors (Lipinski definition) is 2. The first-order valence-electron chi connectivity index (χ1n) is 7.82. The van der Waals surface area contributed by atoms with Crippen molar-refractivity contribution in [3.63, 3.8) is 0 Å². The van der Waals surface area contributed by atoms with Crippen molar-refractivity contribution in [3.8, 4) is 0 Å². The number of carbonyl (C=O) groups excluding carboxylic acids is 2. The normalized spacial score (nSPS) is 13.5. The van der Waals surface area contributed by atoms with Gasteiger partial charge in [0, 0.05) is 22.9 Å². The molecule has 1 aliphatic rings. The molecule has 0 unspecified atom stereocenters. The third-order valence-corrected chi connectivity index (χ3v) is 3.95. The van der Waals surface area contributed by atoms with Crippen molar-refractivity contribution in [2.45, 2.75) is 32.7 Å². The van der Waals surface area contributed by atoms with Gasteiger partial charge in [-0.05, 0) is 62.6 Å². The summed E-state index contributed by atoms with van der Waals surface area (Å²) in [7, 11) is 0. The molecule has 0 heterocycles. The summed E-state index contributed by atoms with van der Waals surface area (Å²) in [5.41, 5.74) is 4.11. The number of rotatable bonds is 4. The highest BCUT2D eigenvalue weighted by molar-refractivity contribution is 6.05. The Balaban J connectivity index is 1.68. The van der Waals surface area contributed by atoms with Gasteiger partial charge in [-0.15, -0.1) is 0 Å². The van der Waals surface area contributed by atoms with Crippen LogP contribution in [0.5, 0.6) is 0 Å². The van der Waals surface area contributed by atoms with E-state index in [2.05, 4.69) is 10.6 Å². The molecule has 0 aliphatic heterocycles. The average molecular weight is 308 g/mol. The van der Waals surface area contributed by atoms with Crippen molar-refractivity contribution in [1.82, 2.24) is 5.32 Å². The maximum absolute atomic E-state index is 12.3. The SMILES string of the molecule is Cc1ccc(NC(=O)c2ccc(C(=O)NC3CC3)cc2)c(C)c1. The second-order valence-corrected chi connectivity index (χ2v) is 6.10. The highest BCUT2D eigenvalue weighted by Crippen LogP contribution is 2.20. The van der Waals surface area contributed by atoms with Crippen molar-refractivity contribution in [1.29, 1.82) is 0 Å². The fraction of sp³-hybridized carbons (Fsp3) is 0.263. The Morgan fingerprint density at radius 1 is 0.913 bits per heavy atom. The van der Waals surface area contributed by atoms with Gasteiger partial charge in [0.2, 0.25) is 0 Å². The zero-order valence-corrected chi connectivity index (χ0v) is 13.3. The van der Waals surface area contributed by atoms with Gasteiger partial charge in [0.25, 0.3) is 11.8 Å². The summed E-state index contributed by atoms with van der Waals surface area (Å²) in [6, 6.07) is 13.0. The molecule has 2 aromatic carbocycles. The monoisotopic (exact) mass is 308 g/mol. The largest absolute Gasteiger partial charge is 0.349 e. The van der Waals surface area contributed by atoms with Crippen molar-refractivity contribution in [2.75, 3.05) is 5.32 Å². The molecule has 2 amide bonds. The minimum absolute atomic E-state index is 0.0752. The molecule has 1 aliphatic carbocycles. The second-order valence-electron chi connectivity index (χ2n) is 6.10. The Morgan fingerprint density at radius 3 is 2.09 bits per heavy atom. The van der Waals surface area contributed by atoms with Gasteiger partial charge in [0.05, 0.1) is 0 Å². The molecule has 0 spiro atoms. The standard InChI is InChI=1S/C19H20N2O2/c1-12-3-10-17(13(2)11-12)21-19(23)15-6-4-14(5-7-15)18(22)20-16-8-9-16/h3-7,10-11,16H,8-9H2,1-2H3,(H,20,22)(H,21,23). The Hall–Kier alpha value is -2.62. The average Bonchev–Trinajstić information content (AvgIpc) is 3.34. The maximum atomic E-state index is 12.3. The summed E-state index contributed by atoms with van der Waals surface area (Å²) in [5.74, 6) is -0.250. The molecule has 118 valence electrons. The molecule has 1 fully saturated rings. The number of benzene rings is 2. The van der Waals surface area contributed by atoms with Crippen LogP contribution in [-0.2, 0) is 0 Å². The van der Waals surface area contributed by atoms with Crippen LogP contribution < -0.4 is 10.6 Å². The first kappa shape index (κ1) is 15.3. The third kappa shape index (κ3) is 3.77. The lowest BCUT2D eigenvalue weighted by Gasteiger charge is -2.10. The van der Waals surface area contributed by atoms with Gasteiger partial charge >= 0.3 is 0 Å². The van der Waals surface area contributed by atoms with Gasteiger partial charge in [-0.3, -0.25) is 9.59 Å². The van der Waals surface area contributed by atoms with E-state index in [1.54, 1.807) is 24.3 Å². The number of carbonyl (C=O) groups is 2. The smallest absolute Gasteiger partial charge is 0.255 e. The molecular weight excluding hydrogens is 288 g/mol. The van der Waals surface area contributed by atoms with Crippen LogP contribution in [0, 0.1) is 13.8 Å². The van der Waals surface area contributed by atoms with E-state index >= 15 is 0 Å². The van der Waals surface area contributed by atoms with Gasteiger partial charge in [-0.25, -0.2) is 0 Å². The summed E-state index contributed by atoms with van der Waals surface area (Å²) >= 11 is 0. The van der Waals surface area contributed by atoms with E-state index in [1.165, 1.54) is 0 Å². The summed E-state index contributed by atoms with van der Waals surface area (Å²) in [6.45, 7) is 3.98. The lowest BCUT2D eigenvalue weighted by molar-refractivity contribution is 0.0949. The molecule has 1 saturated carbocycles. The number of aryl methyl sites for hydroxylation is 2. The molecule has 2 aromatic rings. The fourth-order valence-electron chi connectivity index (χ4n) is 2.42. The summed E-state index contributed by atoms with van der Waals surface area (Å²) in [4.78, 5) is 24.2. The highest BCUT2D eigenvalue weighted by Gasteiger charge is 2.23. The van der Waals surface area contributed by atoms with Crippen LogP contribution >= 0.6 is 0 Å². The second kappa shape index (κ2) is 6.24. The molecule has 2 N–H and O–H groups in total. The van der Waals surface area contributed by atoms with E-state index in [0.717, 1.165) is 29.7 Å². The van der Waals surface area contributed by atoms with E-state index < -0.39 is 0 Å². The van der Waals surface area contributed by atoms with Gasteiger partial charge in [-0.2, -0.15) is 0 Å². The van der Waals surface area contributed by atoms with Crippen LogP contribution in [0.3, 0.4) is 0 Å². The predicted octanol–water partition coefficient (Wildman–Crippen LogP) is 3.45. The van der Waals surface area contributed by atoms with Crippen LogP contribution in [-0.4, -0.2) is 17.9 Å². The molecule has 0 radical (unpaired) electrons. The zero-order valence-electron chi connectivity index (χ0n) is 13.3. The summed E-state index contributed by atoms with van der Waals surface area (Å²) < 4.78 is 0. The van der Waals surface area contributed by atoms with E-state index in [4.69, 9.17) is 0 Å². The summed E-state index contributed by atoms with van der Waals surface area (Å²) in [5, 5.41) is 5.84. The number of anilines is 1. The molecule has 3 rings (SSSR count). The van der Waals surface area contributed by atoms with Gasteiger partial charge in [0.1, 0.15) is 0 Å². The van der Waals surface area contributed by atoms with Crippen LogP contribution in [0.4, 0.5) is 5.69 Å². The Morgan fingerprint density at radius 2 is 1.52 bits per heavy atom. The van der Waals surface area contributed by atoms with E-state index in [-0.39, 0.29) is 11.8 Å². The third-order valence-electron chi connectivity index (χ3n) is 3.95. The van der Waals surface area contributed by atoms with E-state index in [1.807, 2.05) is 32.0 Å². The Kier molecular flexibility index (Phi) is 4.15. The first-order chi connectivity index (χ1) is 11.0. The molecule has 23 heavy (non-hydrogen) atoms. The molecule has 4 heteroatoms. The first-order valence-corrected chi connectivity index (χ1v) is 7.82. The molecule has 4 nitrogen and oxygen atoms in total. The topological polar surface area (TPSA) is 58.2 Å². The molecule has 0 atom stereocenters. The highest BCUT2D eigenvalue weighted by atomic mass is 16.2. The molecule has 0 bridgehead atoms. The predicted molar refractivity (Wildman–Crippen MR) is 90.8 cm³/mol. The molecule has 0 saturated heterocycles. The van der Waals surface area contributed by atoms with Crippen molar-refractivity contribution in [3.05, 3.63) is 64.7 Å². The van der Waals surface area contributed by atoms with Crippen molar-refractivity contribution < 1.29 is 9.59 Å². The lowest BCUT2D eigenvalue weighted by atomic mass is 10.1. The lowest BCUT2D eigenvalue weighted by Crippen LogP contribution is -2.25. The molecular formula is C19H20N2O2. The van der Waals surface area contributed by atoms with Crippen LogP contribution in [0.25, 0.3) is 0 Å². The summed E-state index contributed by atoms with van der Waals surface area (Å²) in [6.07, 6.45) is 2.12. The molecule has 0 aromatic heterocycles. The van der Waals surface area contributed by atoms with Crippen LogP contribution in [0.1, 0.15) is 44.7 Å². The number of nitrogens with one attached hydrogen (secondary N) is 2. The maximum Gasteiger partial charge on any atom is 0.255 e. The minimum Gasteiger partial charge on any atom is -0.349 e. The van der Waals surface area contributed by atoms with Gasteiger partial charge in [-0.1, -0.05) is 17.7 Å². The quantitative estimate of drug-likeness (QED) is 0.909. The van der Waals surface area contributed by atoms with Crippen LogP contribution in [0.15, 0.2) is 42.5 Å². The van der Waals surface area contributed by atoms with Gasteiger partial charge < -0.3 is 10.6 Å². The Labute approximate surface area is 135 Å².